The lowest BCUT2D eigenvalue weighted by atomic mass is 9.83. The molecular formula is C13H17N3O. The SMILES string of the molecule is CC(C)C1(O)CN(c2nc3ccccc3[nH]2)C1. The van der Waals surface area contributed by atoms with E-state index in [0.717, 1.165) is 17.0 Å². The average Bonchev–Trinajstić information content (AvgIpc) is 2.67. The molecule has 2 N–H and O–H groups in total. The third-order valence-corrected chi connectivity index (χ3v) is 3.68. The molecule has 0 unspecified atom stereocenters. The number of H-pyrrole nitrogens is 1. The van der Waals surface area contributed by atoms with Crippen molar-refractivity contribution in [3.63, 3.8) is 0 Å². The van der Waals surface area contributed by atoms with Crippen molar-refractivity contribution >= 4 is 17.0 Å². The molecule has 1 saturated heterocycles. The van der Waals surface area contributed by atoms with Gasteiger partial charge in [0.2, 0.25) is 5.95 Å². The number of β-amino-alcohol motifs (C(OH)–C–C–N with tert-alkyl or cyclic N) is 1. The van der Waals surface area contributed by atoms with E-state index in [2.05, 4.69) is 28.7 Å². The zero-order valence-corrected chi connectivity index (χ0v) is 10.1. The zero-order chi connectivity index (χ0) is 12.0. The molecule has 2 aromatic rings. The average molecular weight is 231 g/mol. The van der Waals surface area contributed by atoms with Crippen LogP contribution in [0.3, 0.4) is 0 Å². The number of fused-ring (bicyclic) bond motifs is 1. The van der Waals surface area contributed by atoms with E-state index < -0.39 is 5.60 Å². The fourth-order valence-electron chi connectivity index (χ4n) is 2.22. The lowest BCUT2D eigenvalue weighted by Crippen LogP contribution is -2.65. The lowest BCUT2D eigenvalue weighted by molar-refractivity contribution is -0.0307. The monoisotopic (exact) mass is 231 g/mol. The Bertz CT molecular complexity index is 507. The summed E-state index contributed by atoms with van der Waals surface area (Å²) < 4.78 is 0. The molecule has 0 saturated carbocycles. The third kappa shape index (κ3) is 1.60. The maximum atomic E-state index is 10.2. The summed E-state index contributed by atoms with van der Waals surface area (Å²) in [5, 5.41) is 10.2. The highest BCUT2D eigenvalue weighted by Gasteiger charge is 2.44. The Morgan fingerprint density at radius 2 is 2.06 bits per heavy atom. The number of hydrogen-bond acceptors (Lipinski definition) is 3. The first-order valence-corrected chi connectivity index (χ1v) is 6.00. The number of aromatic nitrogens is 2. The van der Waals surface area contributed by atoms with E-state index in [0.29, 0.717) is 13.1 Å². The molecule has 1 aromatic heterocycles. The van der Waals surface area contributed by atoms with Crippen LogP contribution >= 0.6 is 0 Å². The molecule has 0 bridgehead atoms. The van der Waals surface area contributed by atoms with Crippen LogP contribution in [0.15, 0.2) is 24.3 Å². The number of para-hydroxylation sites is 2. The van der Waals surface area contributed by atoms with Gasteiger partial charge >= 0.3 is 0 Å². The van der Waals surface area contributed by atoms with Crippen LogP contribution < -0.4 is 4.90 Å². The molecule has 3 rings (SSSR count). The van der Waals surface area contributed by atoms with E-state index >= 15 is 0 Å². The summed E-state index contributed by atoms with van der Waals surface area (Å²) in [6.07, 6.45) is 0. The van der Waals surface area contributed by atoms with E-state index in [-0.39, 0.29) is 5.92 Å². The van der Waals surface area contributed by atoms with Crippen LogP contribution in [0, 0.1) is 5.92 Å². The normalized spacial score (nSPS) is 18.7. The van der Waals surface area contributed by atoms with Crippen molar-refractivity contribution in [2.45, 2.75) is 19.4 Å². The standard InChI is InChI=1S/C13H17N3O/c1-9(2)13(17)7-16(8-13)12-14-10-5-3-4-6-11(10)15-12/h3-6,9,17H,7-8H2,1-2H3,(H,14,15). The molecule has 1 fully saturated rings. The predicted molar refractivity (Wildman–Crippen MR) is 68.1 cm³/mol. The van der Waals surface area contributed by atoms with E-state index in [1.54, 1.807) is 0 Å². The van der Waals surface area contributed by atoms with E-state index in [1.807, 2.05) is 24.3 Å². The molecule has 0 amide bonds. The van der Waals surface area contributed by atoms with Gasteiger partial charge in [-0.05, 0) is 18.1 Å². The van der Waals surface area contributed by atoms with E-state index in [1.165, 1.54) is 0 Å². The van der Waals surface area contributed by atoms with Crippen LogP contribution in [-0.2, 0) is 0 Å². The summed E-state index contributed by atoms with van der Waals surface area (Å²) >= 11 is 0. The van der Waals surface area contributed by atoms with Gasteiger partial charge in [-0.2, -0.15) is 0 Å². The molecular weight excluding hydrogens is 214 g/mol. The van der Waals surface area contributed by atoms with Crippen LogP contribution in [0.2, 0.25) is 0 Å². The number of aliphatic hydroxyl groups is 1. The van der Waals surface area contributed by atoms with Crippen molar-refractivity contribution in [3.8, 4) is 0 Å². The second kappa shape index (κ2) is 3.47. The van der Waals surface area contributed by atoms with Crippen molar-refractivity contribution in [1.29, 1.82) is 0 Å². The number of nitrogens with zero attached hydrogens (tertiary/aromatic N) is 2. The van der Waals surface area contributed by atoms with Crippen LogP contribution in [0.5, 0.6) is 0 Å². The number of rotatable bonds is 2. The Kier molecular flexibility index (Phi) is 2.16. The molecule has 4 nitrogen and oxygen atoms in total. The molecule has 0 spiro atoms. The van der Waals surface area contributed by atoms with Crippen LogP contribution in [0.1, 0.15) is 13.8 Å². The second-order valence-electron chi connectivity index (χ2n) is 5.19. The lowest BCUT2D eigenvalue weighted by Gasteiger charge is -2.48. The smallest absolute Gasteiger partial charge is 0.204 e. The van der Waals surface area contributed by atoms with Gasteiger partial charge in [0.1, 0.15) is 5.60 Å². The highest BCUT2D eigenvalue weighted by Crippen LogP contribution is 2.32. The van der Waals surface area contributed by atoms with Crippen molar-refractivity contribution < 1.29 is 5.11 Å². The first kappa shape index (κ1) is 10.6. The fraction of sp³-hybridized carbons (Fsp3) is 0.462. The van der Waals surface area contributed by atoms with Crippen molar-refractivity contribution in [1.82, 2.24) is 9.97 Å². The van der Waals surface area contributed by atoms with Crippen molar-refractivity contribution in [2.75, 3.05) is 18.0 Å². The van der Waals surface area contributed by atoms with Crippen LogP contribution in [0.4, 0.5) is 5.95 Å². The predicted octanol–water partition coefficient (Wildman–Crippen LogP) is 1.77. The van der Waals surface area contributed by atoms with Gasteiger partial charge < -0.3 is 15.0 Å². The van der Waals surface area contributed by atoms with Gasteiger partial charge in [-0.1, -0.05) is 26.0 Å². The first-order chi connectivity index (χ1) is 8.08. The van der Waals surface area contributed by atoms with Gasteiger partial charge in [-0.25, -0.2) is 4.98 Å². The summed E-state index contributed by atoms with van der Waals surface area (Å²) in [7, 11) is 0. The minimum atomic E-state index is -0.557. The molecule has 1 aliphatic rings. The molecule has 90 valence electrons. The van der Waals surface area contributed by atoms with Crippen molar-refractivity contribution in [2.24, 2.45) is 5.92 Å². The zero-order valence-electron chi connectivity index (χ0n) is 10.1. The molecule has 0 atom stereocenters. The van der Waals surface area contributed by atoms with E-state index in [9.17, 15) is 5.11 Å². The van der Waals surface area contributed by atoms with Gasteiger partial charge in [0.15, 0.2) is 0 Å². The number of benzene rings is 1. The van der Waals surface area contributed by atoms with Gasteiger partial charge in [0, 0.05) is 0 Å². The van der Waals surface area contributed by atoms with E-state index in [4.69, 9.17) is 0 Å². The summed E-state index contributed by atoms with van der Waals surface area (Å²) in [6, 6.07) is 7.97. The Morgan fingerprint density at radius 3 is 2.71 bits per heavy atom. The first-order valence-electron chi connectivity index (χ1n) is 6.00. The largest absolute Gasteiger partial charge is 0.386 e. The summed E-state index contributed by atoms with van der Waals surface area (Å²) in [5.74, 6) is 1.14. The van der Waals surface area contributed by atoms with Crippen LogP contribution in [-0.4, -0.2) is 33.8 Å². The Morgan fingerprint density at radius 1 is 1.35 bits per heavy atom. The molecule has 2 heterocycles. The molecule has 1 aromatic carbocycles. The van der Waals surface area contributed by atoms with Crippen LogP contribution in [0.25, 0.3) is 11.0 Å². The minimum absolute atomic E-state index is 0.281. The topological polar surface area (TPSA) is 52.1 Å². The maximum Gasteiger partial charge on any atom is 0.204 e. The Hall–Kier alpha value is -1.55. The minimum Gasteiger partial charge on any atom is -0.386 e. The van der Waals surface area contributed by atoms with Gasteiger partial charge in [0.05, 0.1) is 24.1 Å². The summed E-state index contributed by atoms with van der Waals surface area (Å²) in [6.45, 7) is 5.42. The number of hydrogen-bond donors (Lipinski definition) is 2. The number of nitrogens with one attached hydrogen (secondary N) is 1. The Labute approximate surface area is 100 Å². The molecule has 0 radical (unpaired) electrons. The van der Waals surface area contributed by atoms with Gasteiger partial charge in [-0.3, -0.25) is 0 Å². The summed E-state index contributed by atoms with van der Waals surface area (Å²) in [4.78, 5) is 9.88. The molecule has 4 heteroatoms. The molecule has 17 heavy (non-hydrogen) atoms. The Balaban J connectivity index is 1.83. The molecule has 1 aliphatic heterocycles. The van der Waals surface area contributed by atoms with Gasteiger partial charge in [-0.15, -0.1) is 0 Å². The maximum absolute atomic E-state index is 10.2. The second-order valence-corrected chi connectivity index (χ2v) is 5.19. The summed E-state index contributed by atoms with van der Waals surface area (Å²) in [5.41, 5.74) is 1.46. The number of aromatic amines is 1. The number of imidazole rings is 1. The number of anilines is 1. The quantitative estimate of drug-likeness (QED) is 0.828. The van der Waals surface area contributed by atoms with Gasteiger partial charge in [0.25, 0.3) is 0 Å². The highest BCUT2D eigenvalue weighted by molar-refractivity contribution is 5.77. The fourth-order valence-corrected chi connectivity index (χ4v) is 2.22. The van der Waals surface area contributed by atoms with Crippen molar-refractivity contribution in [3.05, 3.63) is 24.3 Å². The molecule has 0 aliphatic carbocycles. The highest BCUT2D eigenvalue weighted by atomic mass is 16.3. The third-order valence-electron chi connectivity index (χ3n) is 3.68.